The van der Waals surface area contributed by atoms with Gasteiger partial charge in [0.1, 0.15) is 5.69 Å². The number of aromatic amines is 1. The Kier molecular flexibility index (Phi) is 4.14. The molecule has 0 unspecified atom stereocenters. The molecule has 7 heteroatoms. The topological polar surface area (TPSA) is 70.2 Å². The Hall–Kier alpha value is -1.70. The lowest BCUT2D eigenvalue weighted by molar-refractivity contribution is 0.00219. The van der Waals surface area contributed by atoms with Crippen LogP contribution in [0.4, 0.5) is 0 Å². The van der Waals surface area contributed by atoms with Crippen molar-refractivity contribution >= 4 is 17.2 Å². The molecule has 2 aromatic heterocycles. The van der Waals surface area contributed by atoms with Crippen molar-refractivity contribution in [2.75, 3.05) is 19.6 Å². The number of rotatable bonds is 5. The number of nitrogens with one attached hydrogen (secondary N) is 2. The molecular weight excluding hydrogens is 360 g/mol. The smallest absolute Gasteiger partial charge is 0.271 e. The summed E-state index contributed by atoms with van der Waals surface area (Å²) >= 11 is 1.88. The van der Waals surface area contributed by atoms with E-state index >= 15 is 0 Å². The standard InChI is InChI=1S/C20H26N4O2S/c1-12-3-4-14(27-12)8-24-9-16-15(17-5-6-20(16,10-24)26-17)7-21-19(25)18-13(2)22-11-23-18/h3-4,11,15-17H,5-10H2,1-2H3,(H,21,25)(H,22,23)/t15-,16+,17+,20+/m0/s1. The molecule has 3 aliphatic rings. The van der Waals surface area contributed by atoms with Gasteiger partial charge >= 0.3 is 0 Å². The summed E-state index contributed by atoms with van der Waals surface area (Å²) in [5.74, 6) is 0.824. The Bertz CT molecular complexity index is 862. The van der Waals surface area contributed by atoms with Crippen molar-refractivity contribution in [2.45, 2.75) is 44.9 Å². The lowest BCUT2D eigenvalue weighted by atomic mass is 9.73. The first-order valence-corrected chi connectivity index (χ1v) is 10.6. The van der Waals surface area contributed by atoms with Crippen LogP contribution in [-0.4, -0.2) is 52.1 Å². The summed E-state index contributed by atoms with van der Waals surface area (Å²) < 4.78 is 6.50. The van der Waals surface area contributed by atoms with E-state index in [1.54, 1.807) is 6.33 Å². The van der Waals surface area contributed by atoms with Gasteiger partial charge in [-0.05, 0) is 38.8 Å². The van der Waals surface area contributed by atoms with Crippen molar-refractivity contribution in [3.8, 4) is 0 Å². The monoisotopic (exact) mass is 386 g/mol. The predicted molar refractivity (Wildman–Crippen MR) is 104 cm³/mol. The van der Waals surface area contributed by atoms with Crippen LogP contribution in [0.1, 0.15) is 38.8 Å². The number of likely N-dealkylation sites (tertiary alicyclic amines) is 1. The van der Waals surface area contributed by atoms with Crippen molar-refractivity contribution in [3.05, 3.63) is 39.6 Å². The van der Waals surface area contributed by atoms with Crippen LogP contribution in [0.2, 0.25) is 0 Å². The van der Waals surface area contributed by atoms with E-state index < -0.39 is 0 Å². The lowest BCUT2D eigenvalue weighted by Crippen LogP contribution is -2.42. The van der Waals surface area contributed by atoms with Gasteiger partial charge in [0.05, 0.1) is 18.0 Å². The molecule has 1 spiro atoms. The molecule has 5 rings (SSSR count). The number of aromatic nitrogens is 2. The van der Waals surface area contributed by atoms with E-state index in [0.29, 0.717) is 30.2 Å². The van der Waals surface area contributed by atoms with Crippen LogP contribution >= 0.6 is 11.3 Å². The minimum absolute atomic E-state index is 0.00855. The van der Waals surface area contributed by atoms with Gasteiger partial charge in [-0.1, -0.05) is 0 Å². The van der Waals surface area contributed by atoms with Crippen molar-refractivity contribution < 1.29 is 9.53 Å². The molecule has 2 bridgehead atoms. The van der Waals surface area contributed by atoms with Crippen LogP contribution < -0.4 is 5.32 Å². The van der Waals surface area contributed by atoms with Crippen molar-refractivity contribution in [2.24, 2.45) is 11.8 Å². The largest absolute Gasteiger partial charge is 0.370 e. The van der Waals surface area contributed by atoms with Gasteiger partial charge in [-0.3, -0.25) is 9.69 Å². The quantitative estimate of drug-likeness (QED) is 0.828. The van der Waals surface area contributed by atoms with Gasteiger partial charge in [-0.2, -0.15) is 0 Å². The first-order valence-electron chi connectivity index (χ1n) is 9.78. The molecule has 2 aromatic rings. The van der Waals surface area contributed by atoms with Crippen LogP contribution in [0.15, 0.2) is 18.5 Å². The van der Waals surface area contributed by atoms with Crippen LogP contribution in [0, 0.1) is 25.7 Å². The number of ether oxygens (including phenoxy) is 1. The number of thiophene rings is 1. The highest BCUT2D eigenvalue weighted by molar-refractivity contribution is 7.11. The highest BCUT2D eigenvalue weighted by Gasteiger charge is 2.62. The van der Waals surface area contributed by atoms with E-state index in [4.69, 9.17) is 4.74 Å². The molecule has 6 nitrogen and oxygen atoms in total. The molecule has 3 aliphatic heterocycles. The number of hydrogen-bond donors (Lipinski definition) is 2. The second kappa shape index (κ2) is 6.43. The first-order chi connectivity index (χ1) is 13.0. The van der Waals surface area contributed by atoms with Crippen molar-refractivity contribution in [1.82, 2.24) is 20.2 Å². The zero-order chi connectivity index (χ0) is 18.6. The molecule has 5 heterocycles. The Morgan fingerprint density at radius 2 is 2.37 bits per heavy atom. The molecule has 3 fully saturated rings. The van der Waals surface area contributed by atoms with E-state index in [1.807, 2.05) is 18.3 Å². The Morgan fingerprint density at radius 1 is 1.48 bits per heavy atom. The number of imidazole rings is 1. The molecule has 3 saturated heterocycles. The van der Waals surface area contributed by atoms with Crippen LogP contribution in [0.5, 0.6) is 0 Å². The van der Waals surface area contributed by atoms with Gasteiger partial charge in [-0.25, -0.2) is 4.98 Å². The van der Waals surface area contributed by atoms with E-state index in [1.165, 1.54) is 9.75 Å². The van der Waals surface area contributed by atoms with Gasteiger partial charge in [0.2, 0.25) is 0 Å². The van der Waals surface area contributed by atoms with Gasteiger partial charge in [0.25, 0.3) is 5.91 Å². The molecule has 0 aromatic carbocycles. The molecule has 0 radical (unpaired) electrons. The zero-order valence-corrected chi connectivity index (χ0v) is 16.6. The molecule has 2 N–H and O–H groups in total. The Labute approximate surface area is 163 Å². The van der Waals surface area contributed by atoms with Crippen LogP contribution in [0.25, 0.3) is 0 Å². The summed E-state index contributed by atoms with van der Waals surface area (Å²) in [7, 11) is 0. The van der Waals surface area contributed by atoms with Gasteiger partial charge in [0.15, 0.2) is 0 Å². The van der Waals surface area contributed by atoms with E-state index in [0.717, 1.165) is 38.2 Å². The minimum Gasteiger partial charge on any atom is -0.370 e. The van der Waals surface area contributed by atoms with Crippen LogP contribution in [-0.2, 0) is 11.3 Å². The second-order valence-corrected chi connectivity index (χ2v) is 9.67. The average molecular weight is 387 g/mol. The number of carbonyl (C=O) groups excluding carboxylic acids is 1. The number of aryl methyl sites for hydroxylation is 2. The van der Waals surface area contributed by atoms with Crippen molar-refractivity contribution in [3.63, 3.8) is 0 Å². The fourth-order valence-electron chi connectivity index (χ4n) is 5.35. The fourth-order valence-corrected chi connectivity index (χ4v) is 6.29. The summed E-state index contributed by atoms with van der Waals surface area (Å²) in [4.78, 5) is 24.9. The van der Waals surface area contributed by atoms with E-state index in [-0.39, 0.29) is 11.5 Å². The maximum atomic E-state index is 12.4. The van der Waals surface area contributed by atoms with E-state index in [9.17, 15) is 4.79 Å². The van der Waals surface area contributed by atoms with Gasteiger partial charge in [-0.15, -0.1) is 11.3 Å². The lowest BCUT2D eigenvalue weighted by Gasteiger charge is -2.29. The Balaban J connectivity index is 1.25. The second-order valence-electron chi connectivity index (χ2n) is 8.30. The highest BCUT2D eigenvalue weighted by atomic mass is 32.1. The molecule has 4 atom stereocenters. The normalized spacial score (nSPS) is 32.1. The van der Waals surface area contributed by atoms with Crippen LogP contribution in [0.3, 0.4) is 0 Å². The molecule has 144 valence electrons. The Morgan fingerprint density at radius 3 is 3.11 bits per heavy atom. The third-order valence-electron chi connectivity index (χ3n) is 6.57. The third kappa shape index (κ3) is 2.92. The third-order valence-corrected chi connectivity index (χ3v) is 7.56. The molecule has 1 amide bonds. The summed E-state index contributed by atoms with van der Waals surface area (Å²) in [6.45, 7) is 7.81. The maximum absolute atomic E-state index is 12.4. The van der Waals surface area contributed by atoms with Crippen molar-refractivity contribution in [1.29, 1.82) is 0 Å². The minimum atomic E-state index is -0.0884. The number of hydrogen-bond acceptors (Lipinski definition) is 5. The van der Waals surface area contributed by atoms with Gasteiger partial charge < -0.3 is 15.0 Å². The SMILES string of the molecule is Cc1ccc(CN2C[C@@H]3[C@H](CNC(=O)c4nc[nH]c4C)[C@H]4CC[C@]3(C2)O4)s1. The average Bonchev–Trinajstić information content (AvgIpc) is 3.41. The highest BCUT2D eigenvalue weighted by Crippen LogP contribution is 2.54. The van der Waals surface area contributed by atoms with Gasteiger partial charge in [0, 0.05) is 53.5 Å². The summed E-state index contributed by atoms with van der Waals surface area (Å²) in [6.07, 6.45) is 4.14. The summed E-state index contributed by atoms with van der Waals surface area (Å²) in [5, 5.41) is 3.11. The molecule has 0 saturated carbocycles. The number of H-pyrrole nitrogens is 1. The maximum Gasteiger partial charge on any atom is 0.271 e. The van der Waals surface area contributed by atoms with E-state index in [2.05, 4.69) is 39.2 Å². The predicted octanol–water partition coefficient (Wildman–Crippen LogP) is 2.50. The number of nitrogens with zero attached hydrogens (tertiary/aromatic N) is 2. The summed E-state index contributed by atoms with van der Waals surface area (Å²) in [6, 6.07) is 4.45. The molecule has 0 aliphatic carbocycles. The molecular formula is C20H26N4O2S. The number of fused-ring (bicyclic) bond motifs is 1. The summed E-state index contributed by atoms with van der Waals surface area (Å²) in [5.41, 5.74) is 1.32. The first kappa shape index (κ1) is 17.4. The zero-order valence-electron chi connectivity index (χ0n) is 15.8. The fraction of sp³-hybridized carbons (Fsp3) is 0.600. The number of carbonyl (C=O) groups is 1. The number of amides is 1. The molecule has 27 heavy (non-hydrogen) atoms.